The number of benzene rings is 1. The molecule has 0 bridgehead atoms. The Balaban J connectivity index is 2.45. The van der Waals surface area contributed by atoms with Gasteiger partial charge in [-0.3, -0.25) is 4.68 Å². The fraction of sp³-hybridized carbons (Fsp3) is 0.182. The molecule has 2 aromatic rings. The molecule has 0 saturated carbocycles. The highest BCUT2D eigenvalue weighted by molar-refractivity contribution is 9.10. The van der Waals surface area contributed by atoms with E-state index < -0.39 is 6.10 Å². The molecule has 0 aliphatic rings. The first kappa shape index (κ1) is 11.6. The summed E-state index contributed by atoms with van der Waals surface area (Å²) in [6.45, 7) is 0. The normalized spacial score (nSPS) is 12.8. The summed E-state index contributed by atoms with van der Waals surface area (Å²) in [4.78, 5) is 0. The molecular formula is C11H10BrClN2O. The van der Waals surface area contributed by atoms with Crippen LogP contribution in [0, 0.1) is 0 Å². The maximum Gasteiger partial charge on any atom is 0.122 e. The highest BCUT2D eigenvalue weighted by Gasteiger charge is 2.17. The molecule has 0 aliphatic heterocycles. The first-order valence-corrected chi connectivity index (χ1v) is 5.87. The molecule has 1 atom stereocenters. The second-order valence-electron chi connectivity index (χ2n) is 3.45. The zero-order valence-corrected chi connectivity index (χ0v) is 10.9. The standard InChI is InChI=1S/C11H10BrClN2O/c1-15-10(4-5-14-15)11(16)8-6-7(12)2-3-9(8)13/h2-6,11,16H,1H3. The lowest BCUT2D eigenvalue weighted by molar-refractivity contribution is 0.210. The Bertz CT molecular complexity index is 512. The van der Waals surface area contributed by atoms with Gasteiger partial charge in [0, 0.05) is 28.3 Å². The summed E-state index contributed by atoms with van der Waals surface area (Å²) in [5.74, 6) is 0. The molecule has 1 N–H and O–H groups in total. The fourth-order valence-electron chi connectivity index (χ4n) is 1.54. The van der Waals surface area contributed by atoms with Crippen molar-refractivity contribution in [2.75, 3.05) is 0 Å². The van der Waals surface area contributed by atoms with Crippen molar-refractivity contribution in [3.05, 3.63) is 51.2 Å². The predicted molar refractivity (Wildman–Crippen MR) is 66.4 cm³/mol. The lowest BCUT2D eigenvalue weighted by Crippen LogP contribution is -2.07. The molecule has 0 fully saturated rings. The molecule has 0 amide bonds. The summed E-state index contributed by atoms with van der Waals surface area (Å²) in [5.41, 5.74) is 1.37. The third-order valence-electron chi connectivity index (χ3n) is 2.39. The van der Waals surface area contributed by atoms with Crippen LogP contribution < -0.4 is 0 Å². The Kier molecular flexibility index (Phi) is 3.33. The Hall–Kier alpha value is -0.840. The van der Waals surface area contributed by atoms with Crippen molar-refractivity contribution in [2.45, 2.75) is 6.10 Å². The molecule has 0 spiro atoms. The lowest BCUT2D eigenvalue weighted by atomic mass is 10.1. The average molecular weight is 302 g/mol. The van der Waals surface area contributed by atoms with Crippen molar-refractivity contribution in [2.24, 2.45) is 7.05 Å². The Morgan fingerprint density at radius 3 is 2.81 bits per heavy atom. The van der Waals surface area contributed by atoms with E-state index in [9.17, 15) is 5.11 Å². The Morgan fingerprint density at radius 1 is 1.44 bits per heavy atom. The van der Waals surface area contributed by atoms with Gasteiger partial charge in [-0.1, -0.05) is 27.5 Å². The second-order valence-corrected chi connectivity index (χ2v) is 4.77. The fourth-order valence-corrected chi connectivity index (χ4v) is 2.14. The summed E-state index contributed by atoms with van der Waals surface area (Å²) in [6, 6.07) is 7.16. The molecule has 1 heterocycles. The molecular weight excluding hydrogens is 291 g/mol. The van der Waals surface area contributed by atoms with Crippen LogP contribution >= 0.6 is 27.5 Å². The van der Waals surface area contributed by atoms with Crippen LogP contribution in [-0.2, 0) is 7.05 Å². The number of hydrogen-bond donors (Lipinski definition) is 1. The molecule has 1 unspecified atom stereocenters. The van der Waals surface area contributed by atoms with Gasteiger partial charge in [0.2, 0.25) is 0 Å². The van der Waals surface area contributed by atoms with Crippen LogP contribution in [-0.4, -0.2) is 14.9 Å². The Labute approximate surface area is 107 Å². The SMILES string of the molecule is Cn1nccc1C(O)c1cc(Br)ccc1Cl. The molecule has 16 heavy (non-hydrogen) atoms. The molecule has 0 aliphatic carbocycles. The van der Waals surface area contributed by atoms with Crippen molar-refractivity contribution in [3.8, 4) is 0 Å². The van der Waals surface area contributed by atoms with Crippen LogP contribution in [0.3, 0.4) is 0 Å². The number of rotatable bonds is 2. The highest BCUT2D eigenvalue weighted by atomic mass is 79.9. The average Bonchev–Trinajstić information content (AvgIpc) is 2.67. The number of nitrogens with zero attached hydrogens (tertiary/aromatic N) is 2. The summed E-state index contributed by atoms with van der Waals surface area (Å²) in [5, 5.41) is 14.8. The number of aliphatic hydroxyl groups excluding tert-OH is 1. The minimum absolute atomic E-state index is 0.539. The topological polar surface area (TPSA) is 38.0 Å². The summed E-state index contributed by atoms with van der Waals surface area (Å²) in [7, 11) is 1.78. The maximum atomic E-state index is 10.2. The molecule has 5 heteroatoms. The number of halogens is 2. The van der Waals surface area contributed by atoms with Gasteiger partial charge in [-0.2, -0.15) is 5.10 Å². The van der Waals surface area contributed by atoms with Crippen LogP contribution in [0.25, 0.3) is 0 Å². The van der Waals surface area contributed by atoms with Crippen LogP contribution in [0.4, 0.5) is 0 Å². The van der Waals surface area contributed by atoms with Crippen molar-refractivity contribution >= 4 is 27.5 Å². The van der Waals surface area contributed by atoms with Crippen LogP contribution in [0.5, 0.6) is 0 Å². The first-order chi connectivity index (χ1) is 7.59. The van der Waals surface area contributed by atoms with Gasteiger partial charge in [0.05, 0.1) is 5.69 Å². The number of aliphatic hydroxyl groups is 1. The molecule has 1 aromatic carbocycles. The zero-order valence-electron chi connectivity index (χ0n) is 8.56. The summed E-state index contributed by atoms with van der Waals surface area (Å²) < 4.78 is 2.51. The Morgan fingerprint density at radius 2 is 2.19 bits per heavy atom. The zero-order chi connectivity index (χ0) is 11.7. The lowest BCUT2D eigenvalue weighted by Gasteiger charge is -2.13. The summed E-state index contributed by atoms with van der Waals surface area (Å²) in [6.07, 6.45) is 0.877. The van der Waals surface area contributed by atoms with Gasteiger partial charge in [0.25, 0.3) is 0 Å². The molecule has 2 rings (SSSR count). The summed E-state index contributed by atoms with van der Waals surface area (Å²) >= 11 is 9.40. The van der Waals surface area contributed by atoms with E-state index in [1.54, 1.807) is 36.1 Å². The quantitative estimate of drug-likeness (QED) is 0.926. The van der Waals surface area contributed by atoms with Gasteiger partial charge >= 0.3 is 0 Å². The van der Waals surface area contributed by atoms with Gasteiger partial charge in [0.15, 0.2) is 0 Å². The van der Waals surface area contributed by atoms with Crippen molar-refractivity contribution in [1.82, 2.24) is 9.78 Å². The second kappa shape index (κ2) is 4.57. The van der Waals surface area contributed by atoms with E-state index in [2.05, 4.69) is 21.0 Å². The molecule has 84 valence electrons. The number of aryl methyl sites for hydroxylation is 1. The molecule has 0 saturated heterocycles. The van der Waals surface area contributed by atoms with E-state index in [4.69, 9.17) is 11.6 Å². The molecule has 1 aromatic heterocycles. The van der Waals surface area contributed by atoms with E-state index in [0.29, 0.717) is 16.3 Å². The van der Waals surface area contributed by atoms with E-state index >= 15 is 0 Å². The maximum absolute atomic E-state index is 10.2. The van der Waals surface area contributed by atoms with E-state index in [1.807, 2.05) is 6.07 Å². The third kappa shape index (κ3) is 2.14. The van der Waals surface area contributed by atoms with E-state index in [0.717, 1.165) is 4.47 Å². The van der Waals surface area contributed by atoms with Crippen molar-refractivity contribution in [3.63, 3.8) is 0 Å². The number of hydrogen-bond acceptors (Lipinski definition) is 2. The highest BCUT2D eigenvalue weighted by Crippen LogP contribution is 2.30. The van der Waals surface area contributed by atoms with Crippen LogP contribution in [0.15, 0.2) is 34.9 Å². The van der Waals surface area contributed by atoms with Gasteiger partial charge in [-0.05, 0) is 24.3 Å². The van der Waals surface area contributed by atoms with Gasteiger partial charge < -0.3 is 5.11 Å². The van der Waals surface area contributed by atoms with Crippen molar-refractivity contribution in [1.29, 1.82) is 0 Å². The molecule has 0 radical (unpaired) electrons. The monoisotopic (exact) mass is 300 g/mol. The minimum Gasteiger partial charge on any atom is -0.382 e. The van der Waals surface area contributed by atoms with Crippen molar-refractivity contribution < 1.29 is 5.11 Å². The van der Waals surface area contributed by atoms with Crippen LogP contribution in [0.2, 0.25) is 5.02 Å². The van der Waals surface area contributed by atoms with Gasteiger partial charge in [-0.15, -0.1) is 0 Å². The van der Waals surface area contributed by atoms with E-state index in [-0.39, 0.29) is 0 Å². The largest absolute Gasteiger partial charge is 0.382 e. The number of aromatic nitrogens is 2. The van der Waals surface area contributed by atoms with Crippen LogP contribution in [0.1, 0.15) is 17.4 Å². The molecule has 3 nitrogen and oxygen atoms in total. The first-order valence-electron chi connectivity index (χ1n) is 4.70. The minimum atomic E-state index is -0.766. The smallest absolute Gasteiger partial charge is 0.122 e. The van der Waals surface area contributed by atoms with Gasteiger partial charge in [0.1, 0.15) is 6.10 Å². The predicted octanol–water partition coefficient (Wildman–Crippen LogP) is 2.92. The van der Waals surface area contributed by atoms with Gasteiger partial charge in [-0.25, -0.2) is 0 Å². The van der Waals surface area contributed by atoms with E-state index in [1.165, 1.54) is 0 Å². The third-order valence-corrected chi connectivity index (χ3v) is 3.23.